The molecular weight excluding hydrogens is 480 g/mol. The van der Waals surface area contributed by atoms with Gasteiger partial charge in [-0.2, -0.15) is 0 Å². The number of aliphatic hydroxyl groups is 2. The van der Waals surface area contributed by atoms with E-state index in [0.717, 1.165) is 32.1 Å². The molecule has 38 heavy (non-hydrogen) atoms. The zero-order chi connectivity index (χ0) is 28.9. The average molecular weight is 545 g/mol. The second-order valence-corrected chi connectivity index (χ2v) is 11.2. The first-order valence-corrected chi connectivity index (χ1v) is 16.0. The molecule has 0 fully saturated rings. The van der Waals surface area contributed by atoms with Crippen molar-refractivity contribution < 1.29 is 29.6 Å². The molecule has 0 bridgehead atoms. The number of hydrogen-bond donors (Lipinski definition) is 3. The van der Waals surface area contributed by atoms with Gasteiger partial charge in [-0.3, -0.25) is 0 Å². The van der Waals surface area contributed by atoms with Gasteiger partial charge in [0.25, 0.3) is 0 Å². The van der Waals surface area contributed by atoms with Gasteiger partial charge in [0, 0.05) is 0 Å². The molecule has 2 atom stereocenters. The molecule has 2 unspecified atom stereocenters. The first-order valence-electron chi connectivity index (χ1n) is 16.0. The fraction of sp³-hybridized carbons (Fsp3) is 0.938. The number of carboxylic acid groups (broad SMARTS) is 1. The van der Waals surface area contributed by atoms with E-state index in [1.54, 1.807) is 0 Å². The lowest BCUT2D eigenvalue weighted by Crippen LogP contribution is -2.34. The number of rotatable bonds is 26. The number of carboxylic acids is 1. The van der Waals surface area contributed by atoms with Gasteiger partial charge in [0.2, 0.25) is 0 Å². The Balaban J connectivity index is 0. The van der Waals surface area contributed by atoms with E-state index in [1.807, 2.05) is 0 Å². The van der Waals surface area contributed by atoms with Crippen molar-refractivity contribution in [2.24, 2.45) is 0 Å². The van der Waals surface area contributed by atoms with Crippen LogP contribution in [0.5, 0.6) is 0 Å². The standard InChI is InChI=1S/C17H34O3.C15H30O3/c1-3-4-5-6-7-8-9-10-11-12-13-14-15-17(2,20)16(18)19;1-3-4-5-6-7-8-9-10-11-12-13-18-15(17)14(2)16/h20H,3-15H2,1-2H3,(H,18,19);14,16H,3-13H2,1-2H3. The average Bonchev–Trinajstić information content (AvgIpc) is 2.88. The highest BCUT2D eigenvalue weighted by molar-refractivity contribution is 5.76. The van der Waals surface area contributed by atoms with E-state index in [0.29, 0.717) is 13.0 Å². The monoisotopic (exact) mass is 544 g/mol. The van der Waals surface area contributed by atoms with Gasteiger partial charge in [-0.05, 0) is 33.1 Å². The van der Waals surface area contributed by atoms with Crippen LogP contribution < -0.4 is 0 Å². The fourth-order valence-electron chi connectivity index (χ4n) is 4.30. The van der Waals surface area contributed by atoms with Crippen LogP contribution in [-0.2, 0) is 14.3 Å². The zero-order valence-corrected chi connectivity index (χ0v) is 25.6. The summed E-state index contributed by atoms with van der Waals surface area (Å²) < 4.78 is 4.89. The predicted octanol–water partition coefficient (Wildman–Crippen LogP) is 8.74. The normalized spacial score (nSPS) is 13.3. The highest BCUT2D eigenvalue weighted by atomic mass is 16.5. The van der Waals surface area contributed by atoms with Crippen LogP contribution in [0.3, 0.4) is 0 Å². The summed E-state index contributed by atoms with van der Waals surface area (Å²) in [7, 11) is 0. The lowest BCUT2D eigenvalue weighted by Gasteiger charge is -2.17. The van der Waals surface area contributed by atoms with Crippen molar-refractivity contribution in [3.05, 3.63) is 0 Å². The zero-order valence-electron chi connectivity index (χ0n) is 25.6. The van der Waals surface area contributed by atoms with E-state index in [2.05, 4.69) is 13.8 Å². The lowest BCUT2D eigenvalue weighted by molar-refractivity contribution is -0.157. The van der Waals surface area contributed by atoms with Gasteiger partial charge in [0.05, 0.1) is 6.61 Å². The van der Waals surface area contributed by atoms with Gasteiger partial charge in [-0.15, -0.1) is 0 Å². The number of aliphatic carboxylic acids is 1. The van der Waals surface area contributed by atoms with Crippen molar-refractivity contribution in [3.8, 4) is 0 Å². The summed E-state index contributed by atoms with van der Waals surface area (Å²) in [5, 5.41) is 27.2. The van der Waals surface area contributed by atoms with Crippen molar-refractivity contribution in [1.29, 1.82) is 0 Å². The van der Waals surface area contributed by atoms with E-state index in [1.165, 1.54) is 123 Å². The Hall–Kier alpha value is -1.14. The predicted molar refractivity (Wildman–Crippen MR) is 158 cm³/mol. The molecule has 0 saturated heterocycles. The first kappa shape index (κ1) is 39.0. The number of hydrogen-bond acceptors (Lipinski definition) is 5. The Bertz CT molecular complexity index is 518. The van der Waals surface area contributed by atoms with E-state index in [-0.39, 0.29) is 0 Å². The highest BCUT2D eigenvalue weighted by Gasteiger charge is 2.28. The van der Waals surface area contributed by atoms with Crippen molar-refractivity contribution in [2.45, 2.75) is 187 Å². The second kappa shape index (κ2) is 28.9. The van der Waals surface area contributed by atoms with Gasteiger partial charge in [0.15, 0.2) is 5.60 Å². The Morgan fingerprint density at radius 1 is 0.632 bits per heavy atom. The van der Waals surface area contributed by atoms with E-state index in [9.17, 15) is 14.7 Å². The van der Waals surface area contributed by atoms with Gasteiger partial charge in [-0.1, -0.05) is 142 Å². The van der Waals surface area contributed by atoms with Crippen molar-refractivity contribution in [1.82, 2.24) is 0 Å². The number of carbonyl (C=O) groups excluding carboxylic acids is 1. The third-order valence-electron chi connectivity index (χ3n) is 7.06. The molecule has 0 aliphatic heterocycles. The molecule has 0 aromatic heterocycles. The second-order valence-electron chi connectivity index (χ2n) is 11.2. The molecule has 0 radical (unpaired) electrons. The van der Waals surface area contributed by atoms with Crippen LogP contribution >= 0.6 is 0 Å². The maximum atomic E-state index is 10.9. The molecular formula is C32H64O6. The van der Waals surface area contributed by atoms with E-state index >= 15 is 0 Å². The Morgan fingerprint density at radius 2 is 0.947 bits per heavy atom. The minimum absolute atomic E-state index is 0.361. The number of carbonyl (C=O) groups is 2. The van der Waals surface area contributed by atoms with Crippen LogP contribution in [0.25, 0.3) is 0 Å². The molecule has 0 aromatic rings. The maximum absolute atomic E-state index is 10.9. The van der Waals surface area contributed by atoms with Crippen molar-refractivity contribution in [3.63, 3.8) is 0 Å². The number of aliphatic hydroxyl groups excluding tert-OH is 1. The summed E-state index contributed by atoms with van der Waals surface area (Å²) >= 11 is 0. The highest BCUT2D eigenvalue weighted by Crippen LogP contribution is 2.17. The van der Waals surface area contributed by atoms with Gasteiger partial charge in [-0.25, -0.2) is 9.59 Å². The van der Waals surface area contributed by atoms with E-state index in [4.69, 9.17) is 14.9 Å². The molecule has 0 saturated carbocycles. The Labute approximate surface area is 235 Å². The summed E-state index contributed by atoms with van der Waals surface area (Å²) in [5.74, 6) is -1.62. The molecule has 3 N–H and O–H groups in total. The third kappa shape index (κ3) is 29.4. The molecule has 0 aromatic carbocycles. The van der Waals surface area contributed by atoms with Crippen LogP contribution in [-0.4, -0.2) is 45.6 Å². The van der Waals surface area contributed by atoms with Gasteiger partial charge < -0.3 is 20.1 Å². The van der Waals surface area contributed by atoms with Crippen molar-refractivity contribution >= 4 is 11.9 Å². The molecule has 0 rings (SSSR count). The molecule has 0 aliphatic rings. The SMILES string of the molecule is CCCCCCCCCCCCCCC(C)(O)C(=O)O.CCCCCCCCCCCCOC(=O)C(C)O. The molecule has 0 spiro atoms. The number of esters is 1. The number of ether oxygens (including phenoxy) is 1. The molecule has 0 heterocycles. The van der Waals surface area contributed by atoms with Crippen LogP contribution in [0.1, 0.15) is 175 Å². The number of unbranched alkanes of at least 4 members (excludes halogenated alkanes) is 20. The van der Waals surface area contributed by atoms with Gasteiger partial charge in [0.1, 0.15) is 6.10 Å². The summed E-state index contributed by atoms with van der Waals surface area (Å²) in [4.78, 5) is 21.6. The first-order chi connectivity index (χ1) is 18.2. The van der Waals surface area contributed by atoms with E-state index < -0.39 is 23.6 Å². The maximum Gasteiger partial charge on any atom is 0.335 e. The summed E-state index contributed by atoms with van der Waals surface area (Å²) in [6, 6.07) is 0. The van der Waals surface area contributed by atoms with Crippen LogP contribution in [0.2, 0.25) is 0 Å². The molecule has 6 heteroatoms. The van der Waals surface area contributed by atoms with Crippen molar-refractivity contribution in [2.75, 3.05) is 6.61 Å². The Kier molecular flexibility index (Phi) is 29.6. The topological polar surface area (TPSA) is 104 Å². The molecule has 0 aliphatic carbocycles. The van der Waals surface area contributed by atoms with Crippen LogP contribution in [0.4, 0.5) is 0 Å². The quantitative estimate of drug-likeness (QED) is 0.0742. The lowest BCUT2D eigenvalue weighted by atomic mass is 9.97. The smallest absolute Gasteiger partial charge is 0.335 e. The summed E-state index contributed by atoms with van der Waals surface area (Å²) in [5.41, 5.74) is -1.54. The van der Waals surface area contributed by atoms with Crippen LogP contribution in [0, 0.1) is 0 Å². The minimum atomic E-state index is -1.54. The molecule has 6 nitrogen and oxygen atoms in total. The largest absolute Gasteiger partial charge is 0.479 e. The van der Waals surface area contributed by atoms with Gasteiger partial charge >= 0.3 is 11.9 Å². The summed E-state index contributed by atoms with van der Waals surface area (Å²) in [6.07, 6.45) is 27.1. The fourth-order valence-corrected chi connectivity index (χ4v) is 4.30. The Morgan fingerprint density at radius 3 is 1.26 bits per heavy atom. The minimum Gasteiger partial charge on any atom is -0.479 e. The molecule has 228 valence electrons. The molecule has 0 amide bonds. The third-order valence-corrected chi connectivity index (χ3v) is 7.06. The van der Waals surface area contributed by atoms with Crippen LogP contribution in [0.15, 0.2) is 0 Å². The summed E-state index contributed by atoms with van der Waals surface area (Å²) in [6.45, 7) is 7.75.